The van der Waals surface area contributed by atoms with E-state index in [1.807, 2.05) is 48.9 Å². The zero-order valence-corrected chi connectivity index (χ0v) is 12.6. The highest BCUT2D eigenvalue weighted by Crippen LogP contribution is 2.35. The first-order valence-corrected chi connectivity index (χ1v) is 7.25. The van der Waals surface area contributed by atoms with Gasteiger partial charge in [-0.3, -0.25) is 4.79 Å². The fraction of sp³-hybridized carbons (Fsp3) is 0.357. The third kappa shape index (κ3) is 3.19. The topological polar surface area (TPSA) is 57.0 Å². The van der Waals surface area contributed by atoms with E-state index < -0.39 is 5.25 Å². The maximum Gasteiger partial charge on any atom is 0.324 e. The van der Waals surface area contributed by atoms with E-state index in [0.29, 0.717) is 11.8 Å². The van der Waals surface area contributed by atoms with Crippen LogP contribution < -0.4 is 0 Å². The van der Waals surface area contributed by atoms with Gasteiger partial charge in [-0.2, -0.15) is 0 Å². The van der Waals surface area contributed by atoms with Crippen LogP contribution in [0.2, 0.25) is 0 Å². The van der Waals surface area contributed by atoms with Gasteiger partial charge in [0, 0.05) is 7.05 Å². The molecule has 0 amide bonds. The van der Waals surface area contributed by atoms with Gasteiger partial charge in [-0.25, -0.2) is 0 Å². The molecule has 2 aromatic rings. The summed E-state index contributed by atoms with van der Waals surface area (Å²) < 4.78 is 7.02. The Morgan fingerprint density at radius 1 is 1.35 bits per heavy atom. The highest BCUT2D eigenvalue weighted by Gasteiger charge is 2.25. The zero-order chi connectivity index (χ0) is 14.5. The number of carbonyl (C=O) groups is 1. The van der Waals surface area contributed by atoms with E-state index in [4.69, 9.17) is 4.74 Å². The van der Waals surface area contributed by atoms with Crippen molar-refractivity contribution in [3.8, 4) is 0 Å². The Hall–Kier alpha value is -1.82. The fourth-order valence-electron chi connectivity index (χ4n) is 1.69. The predicted molar refractivity (Wildman–Crippen MR) is 77.4 cm³/mol. The van der Waals surface area contributed by atoms with Crippen LogP contribution in [0.25, 0.3) is 0 Å². The average molecular weight is 291 g/mol. The van der Waals surface area contributed by atoms with Crippen molar-refractivity contribution in [2.75, 3.05) is 6.61 Å². The van der Waals surface area contributed by atoms with E-state index >= 15 is 0 Å². The molecule has 1 aromatic carbocycles. The van der Waals surface area contributed by atoms with Crippen molar-refractivity contribution < 1.29 is 9.53 Å². The quantitative estimate of drug-likeness (QED) is 0.626. The van der Waals surface area contributed by atoms with Gasteiger partial charge < -0.3 is 9.30 Å². The van der Waals surface area contributed by atoms with Crippen molar-refractivity contribution in [2.24, 2.45) is 7.05 Å². The summed E-state index contributed by atoms with van der Waals surface area (Å²) in [6.45, 7) is 4.04. The SMILES string of the molecule is CCOC(=O)C(Sc1nnc(C)n1C)c1ccccc1. The lowest BCUT2D eigenvalue weighted by Crippen LogP contribution is -2.14. The van der Waals surface area contributed by atoms with E-state index in [1.165, 1.54) is 11.8 Å². The molecule has 0 aliphatic heterocycles. The molecule has 0 aliphatic carbocycles. The van der Waals surface area contributed by atoms with E-state index in [2.05, 4.69) is 10.2 Å². The molecule has 20 heavy (non-hydrogen) atoms. The molecular weight excluding hydrogens is 274 g/mol. The molecule has 1 heterocycles. The Labute approximate surface area is 122 Å². The van der Waals surface area contributed by atoms with Crippen LogP contribution in [0.4, 0.5) is 0 Å². The maximum absolute atomic E-state index is 12.2. The lowest BCUT2D eigenvalue weighted by molar-refractivity contribution is -0.142. The van der Waals surface area contributed by atoms with Crippen LogP contribution >= 0.6 is 11.8 Å². The number of aromatic nitrogens is 3. The lowest BCUT2D eigenvalue weighted by Gasteiger charge is -2.14. The second-order valence-electron chi connectivity index (χ2n) is 4.25. The Balaban J connectivity index is 2.28. The molecule has 0 N–H and O–H groups in total. The second-order valence-corrected chi connectivity index (χ2v) is 5.32. The molecule has 0 saturated carbocycles. The van der Waals surface area contributed by atoms with Crippen molar-refractivity contribution in [3.63, 3.8) is 0 Å². The highest BCUT2D eigenvalue weighted by atomic mass is 32.2. The summed E-state index contributed by atoms with van der Waals surface area (Å²) in [5.74, 6) is 0.549. The minimum absolute atomic E-state index is 0.260. The summed E-state index contributed by atoms with van der Waals surface area (Å²) in [6, 6.07) is 9.56. The number of aryl methyl sites for hydroxylation is 1. The molecule has 1 aromatic heterocycles. The van der Waals surface area contributed by atoms with Gasteiger partial charge in [0.05, 0.1) is 6.61 Å². The van der Waals surface area contributed by atoms with Gasteiger partial charge in [0.25, 0.3) is 0 Å². The summed E-state index contributed by atoms with van der Waals surface area (Å²) in [5.41, 5.74) is 0.900. The van der Waals surface area contributed by atoms with Crippen molar-refractivity contribution in [1.82, 2.24) is 14.8 Å². The van der Waals surface area contributed by atoms with Crippen LogP contribution in [0.5, 0.6) is 0 Å². The monoisotopic (exact) mass is 291 g/mol. The lowest BCUT2D eigenvalue weighted by atomic mass is 10.1. The third-order valence-electron chi connectivity index (χ3n) is 2.88. The maximum atomic E-state index is 12.2. The summed E-state index contributed by atoms with van der Waals surface area (Å²) in [7, 11) is 1.88. The molecule has 0 spiro atoms. The van der Waals surface area contributed by atoms with E-state index in [-0.39, 0.29) is 5.97 Å². The molecule has 6 heteroatoms. The minimum Gasteiger partial charge on any atom is -0.465 e. The molecular formula is C14H17N3O2S. The molecule has 5 nitrogen and oxygen atoms in total. The van der Waals surface area contributed by atoms with Gasteiger partial charge in [-0.05, 0) is 19.4 Å². The normalized spacial score (nSPS) is 12.2. The Morgan fingerprint density at radius 3 is 2.60 bits per heavy atom. The molecule has 0 aliphatic rings. The number of hydrogen-bond acceptors (Lipinski definition) is 5. The molecule has 1 unspecified atom stereocenters. The molecule has 1 atom stereocenters. The van der Waals surface area contributed by atoms with Gasteiger partial charge in [0.15, 0.2) is 5.16 Å². The van der Waals surface area contributed by atoms with E-state index in [0.717, 1.165) is 11.4 Å². The number of esters is 1. The number of rotatable bonds is 5. The van der Waals surface area contributed by atoms with Crippen LogP contribution in [-0.2, 0) is 16.6 Å². The number of thioether (sulfide) groups is 1. The fourth-order valence-corrected chi connectivity index (χ4v) is 2.74. The van der Waals surface area contributed by atoms with Gasteiger partial charge >= 0.3 is 5.97 Å². The first-order valence-electron chi connectivity index (χ1n) is 6.37. The van der Waals surface area contributed by atoms with Gasteiger partial charge in [-0.1, -0.05) is 42.1 Å². The van der Waals surface area contributed by atoms with Gasteiger partial charge in [0.1, 0.15) is 11.1 Å². The molecule has 0 radical (unpaired) electrons. The standard InChI is InChI=1S/C14H17N3O2S/c1-4-19-13(18)12(11-8-6-5-7-9-11)20-14-16-15-10(2)17(14)3/h5-9,12H,4H2,1-3H3. The van der Waals surface area contributed by atoms with Crippen molar-refractivity contribution in [3.05, 3.63) is 41.7 Å². The summed E-state index contributed by atoms with van der Waals surface area (Å²) >= 11 is 1.35. The van der Waals surface area contributed by atoms with Crippen LogP contribution in [0.15, 0.2) is 35.5 Å². The first-order chi connectivity index (χ1) is 9.63. The average Bonchev–Trinajstić information content (AvgIpc) is 2.77. The summed E-state index contributed by atoms with van der Waals surface area (Å²) in [6.07, 6.45) is 0. The van der Waals surface area contributed by atoms with Crippen LogP contribution in [0.3, 0.4) is 0 Å². The van der Waals surface area contributed by atoms with Crippen LogP contribution in [0, 0.1) is 6.92 Å². The first kappa shape index (κ1) is 14.6. The predicted octanol–water partition coefficient (Wildman–Crippen LogP) is 2.52. The molecule has 0 fully saturated rings. The van der Waals surface area contributed by atoms with Crippen LogP contribution in [0.1, 0.15) is 23.6 Å². The van der Waals surface area contributed by atoms with Gasteiger partial charge in [-0.15, -0.1) is 10.2 Å². The van der Waals surface area contributed by atoms with Crippen molar-refractivity contribution in [2.45, 2.75) is 24.3 Å². The number of benzene rings is 1. The van der Waals surface area contributed by atoms with E-state index in [1.54, 1.807) is 6.92 Å². The summed E-state index contributed by atoms with van der Waals surface area (Å²) in [5, 5.41) is 8.37. The molecule has 2 rings (SSSR count). The van der Waals surface area contributed by atoms with Crippen molar-refractivity contribution >= 4 is 17.7 Å². The third-order valence-corrected chi connectivity index (χ3v) is 4.15. The van der Waals surface area contributed by atoms with E-state index in [9.17, 15) is 4.79 Å². The Bertz CT molecular complexity index is 583. The Morgan fingerprint density at radius 2 is 2.05 bits per heavy atom. The smallest absolute Gasteiger partial charge is 0.324 e. The number of ether oxygens (including phenoxy) is 1. The largest absolute Gasteiger partial charge is 0.465 e. The van der Waals surface area contributed by atoms with Crippen LogP contribution in [-0.4, -0.2) is 27.3 Å². The highest BCUT2D eigenvalue weighted by molar-refractivity contribution is 8.00. The minimum atomic E-state index is -0.432. The number of nitrogens with zero attached hydrogens (tertiary/aromatic N) is 3. The zero-order valence-electron chi connectivity index (χ0n) is 11.7. The molecule has 106 valence electrons. The number of hydrogen-bond donors (Lipinski definition) is 0. The second kappa shape index (κ2) is 6.56. The summed E-state index contributed by atoms with van der Waals surface area (Å²) in [4.78, 5) is 12.2. The van der Waals surface area contributed by atoms with Gasteiger partial charge in [0.2, 0.25) is 0 Å². The molecule has 0 saturated heterocycles. The molecule has 0 bridgehead atoms. The Kier molecular flexibility index (Phi) is 4.79. The number of carbonyl (C=O) groups excluding carboxylic acids is 1. The van der Waals surface area contributed by atoms with Crippen molar-refractivity contribution in [1.29, 1.82) is 0 Å².